The molecule has 1 aliphatic heterocycles. The summed E-state index contributed by atoms with van der Waals surface area (Å²) in [5.41, 5.74) is 12.4. The van der Waals surface area contributed by atoms with Gasteiger partial charge in [-0.05, 0) is 18.1 Å². The highest BCUT2D eigenvalue weighted by Gasteiger charge is 2.20. The highest BCUT2D eigenvalue weighted by Crippen LogP contribution is 2.27. The summed E-state index contributed by atoms with van der Waals surface area (Å²) in [5, 5.41) is 0. The number of rotatable bonds is 1. The van der Waals surface area contributed by atoms with Crippen LogP contribution < -0.4 is 16.2 Å². The van der Waals surface area contributed by atoms with Crippen molar-refractivity contribution < 1.29 is 9.53 Å². The second-order valence-electron chi connectivity index (χ2n) is 3.43. The van der Waals surface area contributed by atoms with Crippen molar-refractivity contribution in [2.24, 2.45) is 11.5 Å². The minimum absolute atomic E-state index is 0.00521. The van der Waals surface area contributed by atoms with Gasteiger partial charge in [0.25, 0.3) is 5.91 Å². The van der Waals surface area contributed by atoms with Crippen LogP contribution in [0, 0.1) is 0 Å². The van der Waals surface area contributed by atoms with E-state index in [-0.39, 0.29) is 6.04 Å². The molecule has 4 heteroatoms. The zero-order valence-corrected chi connectivity index (χ0v) is 7.69. The predicted octanol–water partition coefficient (Wildman–Crippen LogP) is 0.0477. The molecular weight excluding hydrogens is 180 g/mol. The van der Waals surface area contributed by atoms with Crippen LogP contribution in [0.4, 0.5) is 0 Å². The first-order valence-corrected chi connectivity index (χ1v) is 4.48. The molecule has 1 heterocycles. The molecular formula is C10H12N2O2. The highest BCUT2D eigenvalue weighted by molar-refractivity contribution is 5.96. The van der Waals surface area contributed by atoms with Crippen molar-refractivity contribution in [3.05, 3.63) is 29.3 Å². The first-order chi connectivity index (χ1) is 6.68. The Morgan fingerprint density at radius 1 is 1.50 bits per heavy atom. The molecule has 4 N–H and O–H groups in total. The number of carbonyl (C=O) groups excluding carboxylic acids is 1. The van der Waals surface area contributed by atoms with E-state index in [4.69, 9.17) is 16.2 Å². The summed E-state index contributed by atoms with van der Waals surface area (Å²) in [6, 6.07) is 5.37. The number of fused-ring (bicyclic) bond motifs is 1. The molecule has 1 aromatic carbocycles. The third kappa shape index (κ3) is 1.44. The van der Waals surface area contributed by atoms with Gasteiger partial charge in [-0.15, -0.1) is 0 Å². The lowest BCUT2D eigenvalue weighted by Gasteiger charge is -2.23. The maximum Gasteiger partial charge on any atom is 0.252 e. The van der Waals surface area contributed by atoms with Gasteiger partial charge in [0.15, 0.2) is 0 Å². The van der Waals surface area contributed by atoms with Crippen molar-refractivity contribution >= 4 is 5.91 Å². The van der Waals surface area contributed by atoms with Gasteiger partial charge in [0, 0.05) is 6.04 Å². The molecule has 0 aromatic heterocycles. The maximum atomic E-state index is 11.1. The molecule has 14 heavy (non-hydrogen) atoms. The predicted molar refractivity (Wildman–Crippen MR) is 52.1 cm³/mol. The van der Waals surface area contributed by atoms with Gasteiger partial charge in [0.2, 0.25) is 0 Å². The largest absolute Gasteiger partial charge is 0.491 e. The second kappa shape index (κ2) is 3.31. The summed E-state index contributed by atoms with van der Waals surface area (Å²) in [6.45, 7) is 0.442. The zero-order chi connectivity index (χ0) is 10.1. The summed E-state index contributed by atoms with van der Waals surface area (Å²) >= 11 is 0. The summed E-state index contributed by atoms with van der Waals surface area (Å²) in [7, 11) is 0. The van der Waals surface area contributed by atoms with Gasteiger partial charge in [0.1, 0.15) is 12.4 Å². The average Bonchev–Trinajstić information content (AvgIpc) is 2.16. The molecule has 4 nitrogen and oxygen atoms in total. The SMILES string of the molecule is NC(=O)c1cccc2c1OC[C@H](N)C2. The van der Waals surface area contributed by atoms with Crippen LogP contribution in [0.25, 0.3) is 0 Å². The summed E-state index contributed by atoms with van der Waals surface area (Å²) < 4.78 is 5.40. The lowest BCUT2D eigenvalue weighted by atomic mass is 10.00. The molecule has 0 radical (unpaired) electrons. The van der Waals surface area contributed by atoms with Gasteiger partial charge in [-0.2, -0.15) is 0 Å². The summed E-state index contributed by atoms with van der Waals surface area (Å²) in [5.74, 6) is 0.138. The number of hydrogen-bond donors (Lipinski definition) is 2. The van der Waals surface area contributed by atoms with E-state index >= 15 is 0 Å². The van der Waals surface area contributed by atoms with E-state index in [0.29, 0.717) is 17.9 Å². The van der Waals surface area contributed by atoms with E-state index in [1.54, 1.807) is 12.1 Å². The van der Waals surface area contributed by atoms with Crippen LogP contribution in [0.15, 0.2) is 18.2 Å². The maximum absolute atomic E-state index is 11.1. The van der Waals surface area contributed by atoms with Crippen molar-refractivity contribution in [2.75, 3.05) is 6.61 Å². The number of para-hydroxylation sites is 1. The lowest BCUT2D eigenvalue weighted by Crippen LogP contribution is -2.34. The third-order valence-corrected chi connectivity index (χ3v) is 2.29. The van der Waals surface area contributed by atoms with E-state index in [2.05, 4.69) is 0 Å². The second-order valence-corrected chi connectivity index (χ2v) is 3.43. The Morgan fingerprint density at radius 2 is 2.29 bits per heavy atom. The molecule has 1 atom stereocenters. The molecule has 0 saturated carbocycles. The first kappa shape index (κ1) is 9.02. The fourth-order valence-corrected chi connectivity index (χ4v) is 1.64. The number of benzene rings is 1. The van der Waals surface area contributed by atoms with Crippen LogP contribution in [0.2, 0.25) is 0 Å². The van der Waals surface area contributed by atoms with Crippen molar-refractivity contribution in [3.8, 4) is 5.75 Å². The van der Waals surface area contributed by atoms with E-state index in [0.717, 1.165) is 12.0 Å². The Balaban J connectivity index is 2.46. The van der Waals surface area contributed by atoms with Crippen molar-refractivity contribution in [3.63, 3.8) is 0 Å². The number of amides is 1. The lowest BCUT2D eigenvalue weighted by molar-refractivity contribution is 0.0994. The molecule has 0 saturated heterocycles. The number of hydrogen-bond acceptors (Lipinski definition) is 3. The minimum Gasteiger partial charge on any atom is -0.491 e. The van der Waals surface area contributed by atoms with Gasteiger partial charge in [-0.1, -0.05) is 12.1 Å². The van der Waals surface area contributed by atoms with Crippen LogP contribution >= 0.6 is 0 Å². The average molecular weight is 192 g/mol. The van der Waals surface area contributed by atoms with E-state index in [1.165, 1.54) is 0 Å². The molecule has 0 unspecified atom stereocenters. The molecule has 2 rings (SSSR count). The Morgan fingerprint density at radius 3 is 3.00 bits per heavy atom. The van der Waals surface area contributed by atoms with Gasteiger partial charge >= 0.3 is 0 Å². The molecule has 74 valence electrons. The molecule has 1 aromatic rings. The Bertz CT molecular complexity index is 376. The van der Waals surface area contributed by atoms with Crippen LogP contribution in [0.5, 0.6) is 5.75 Å². The van der Waals surface area contributed by atoms with Gasteiger partial charge < -0.3 is 16.2 Å². The van der Waals surface area contributed by atoms with Crippen molar-refractivity contribution in [2.45, 2.75) is 12.5 Å². The van der Waals surface area contributed by atoms with Gasteiger partial charge in [-0.25, -0.2) is 0 Å². The number of ether oxygens (including phenoxy) is 1. The quantitative estimate of drug-likeness (QED) is 0.659. The molecule has 0 spiro atoms. The van der Waals surface area contributed by atoms with Gasteiger partial charge in [-0.3, -0.25) is 4.79 Å². The number of nitrogens with two attached hydrogens (primary N) is 2. The molecule has 1 amide bonds. The van der Waals surface area contributed by atoms with Crippen molar-refractivity contribution in [1.29, 1.82) is 0 Å². The standard InChI is InChI=1S/C10H12N2O2/c11-7-4-6-2-1-3-8(10(12)13)9(6)14-5-7/h1-3,7H,4-5,11H2,(H2,12,13)/t7-/m1/s1. The number of carbonyl (C=O) groups is 1. The van der Waals surface area contributed by atoms with E-state index < -0.39 is 5.91 Å². The van der Waals surface area contributed by atoms with E-state index in [9.17, 15) is 4.79 Å². The monoisotopic (exact) mass is 192 g/mol. The summed E-state index contributed by atoms with van der Waals surface area (Å²) in [4.78, 5) is 11.1. The zero-order valence-electron chi connectivity index (χ0n) is 7.69. The molecule has 0 bridgehead atoms. The van der Waals surface area contributed by atoms with Crippen LogP contribution in [0.1, 0.15) is 15.9 Å². The highest BCUT2D eigenvalue weighted by atomic mass is 16.5. The molecule has 1 aliphatic rings. The third-order valence-electron chi connectivity index (χ3n) is 2.29. The fourth-order valence-electron chi connectivity index (χ4n) is 1.64. The number of primary amides is 1. The van der Waals surface area contributed by atoms with Gasteiger partial charge in [0.05, 0.1) is 5.56 Å². The normalized spacial score (nSPS) is 19.6. The molecule has 0 aliphatic carbocycles. The van der Waals surface area contributed by atoms with Crippen LogP contribution in [0.3, 0.4) is 0 Å². The Hall–Kier alpha value is -1.55. The van der Waals surface area contributed by atoms with E-state index in [1.807, 2.05) is 6.07 Å². The van der Waals surface area contributed by atoms with Crippen molar-refractivity contribution in [1.82, 2.24) is 0 Å². The van der Waals surface area contributed by atoms with Crippen LogP contribution in [-0.2, 0) is 6.42 Å². The molecule has 0 fully saturated rings. The Labute approximate surface area is 81.8 Å². The fraction of sp³-hybridized carbons (Fsp3) is 0.300. The summed E-state index contributed by atoms with van der Waals surface area (Å²) in [6.07, 6.45) is 0.733. The topological polar surface area (TPSA) is 78.3 Å². The van der Waals surface area contributed by atoms with Crippen LogP contribution in [-0.4, -0.2) is 18.6 Å². The smallest absolute Gasteiger partial charge is 0.252 e. The first-order valence-electron chi connectivity index (χ1n) is 4.48. The Kier molecular flexibility index (Phi) is 2.13. The minimum atomic E-state index is -0.461.